The summed E-state index contributed by atoms with van der Waals surface area (Å²) in [5.74, 6) is 0.341. The minimum Gasteiger partial charge on any atom is -0.352 e. The van der Waals surface area contributed by atoms with E-state index >= 15 is 0 Å². The van der Waals surface area contributed by atoms with Crippen molar-refractivity contribution in [2.24, 2.45) is 5.92 Å². The molecule has 4 heteroatoms. The van der Waals surface area contributed by atoms with E-state index in [9.17, 15) is 9.59 Å². The van der Waals surface area contributed by atoms with Gasteiger partial charge in [-0.3, -0.25) is 9.59 Å². The van der Waals surface area contributed by atoms with Crippen molar-refractivity contribution < 1.29 is 9.59 Å². The molecule has 0 aromatic heterocycles. The Morgan fingerprint density at radius 2 is 1.65 bits per heavy atom. The Morgan fingerprint density at radius 1 is 1.06 bits per heavy atom. The molecule has 0 saturated heterocycles. The molecule has 2 N–H and O–H groups in total. The molecule has 0 bridgehead atoms. The van der Waals surface area contributed by atoms with Crippen molar-refractivity contribution >= 4 is 11.8 Å². The molecular weight excluding hydrogens is 216 g/mol. The second-order valence-corrected chi connectivity index (χ2v) is 5.04. The van der Waals surface area contributed by atoms with Crippen molar-refractivity contribution in [3.05, 3.63) is 0 Å². The lowest BCUT2D eigenvalue weighted by Gasteiger charge is -2.17. The van der Waals surface area contributed by atoms with Gasteiger partial charge in [0.2, 0.25) is 11.8 Å². The van der Waals surface area contributed by atoms with Crippen LogP contribution in [0.25, 0.3) is 0 Å². The van der Waals surface area contributed by atoms with Gasteiger partial charge in [0, 0.05) is 12.5 Å². The quantitative estimate of drug-likeness (QED) is 0.715. The van der Waals surface area contributed by atoms with Crippen LogP contribution < -0.4 is 10.6 Å². The topological polar surface area (TPSA) is 58.2 Å². The average molecular weight is 242 g/mol. The lowest BCUT2D eigenvalue weighted by atomic mass is 10.1. The first kappa shape index (κ1) is 15.9. The Hall–Kier alpha value is -1.06. The molecule has 0 aliphatic rings. The highest BCUT2D eigenvalue weighted by Gasteiger charge is 2.16. The normalized spacial score (nSPS) is 14.2. The Morgan fingerprint density at radius 3 is 2.12 bits per heavy atom. The van der Waals surface area contributed by atoms with E-state index in [1.807, 2.05) is 13.8 Å². The van der Waals surface area contributed by atoms with Gasteiger partial charge in [-0.05, 0) is 32.6 Å². The van der Waals surface area contributed by atoms with Crippen molar-refractivity contribution in [3.63, 3.8) is 0 Å². The van der Waals surface area contributed by atoms with E-state index in [1.54, 1.807) is 6.92 Å². The summed E-state index contributed by atoms with van der Waals surface area (Å²) >= 11 is 0. The number of hydrogen-bond donors (Lipinski definition) is 2. The van der Waals surface area contributed by atoms with Crippen LogP contribution in [-0.2, 0) is 9.59 Å². The second kappa shape index (κ2) is 8.09. The minimum atomic E-state index is -0.455. The summed E-state index contributed by atoms with van der Waals surface area (Å²) in [5, 5.41) is 5.56. The van der Waals surface area contributed by atoms with Crippen LogP contribution in [-0.4, -0.2) is 23.9 Å². The van der Waals surface area contributed by atoms with Gasteiger partial charge in [0.05, 0.1) is 0 Å². The summed E-state index contributed by atoms with van der Waals surface area (Å²) in [6.07, 6.45) is 2.23. The monoisotopic (exact) mass is 242 g/mol. The number of amides is 2. The molecule has 0 spiro atoms. The molecule has 0 rings (SSSR count). The predicted octanol–water partition coefficient (Wildman–Crippen LogP) is 1.84. The van der Waals surface area contributed by atoms with E-state index in [-0.39, 0.29) is 17.9 Å². The Kier molecular flexibility index (Phi) is 7.59. The third-order valence-corrected chi connectivity index (χ3v) is 2.72. The van der Waals surface area contributed by atoms with E-state index < -0.39 is 6.04 Å². The van der Waals surface area contributed by atoms with Gasteiger partial charge in [-0.2, -0.15) is 0 Å². The van der Waals surface area contributed by atoms with Crippen molar-refractivity contribution in [1.82, 2.24) is 10.6 Å². The molecule has 0 aliphatic carbocycles. The largest absolute Gasteiger partial charge is 0.352 e. The number of hydrogen-bond acceptors (Lipinski definition) is 2. The third kappa shape index (κ3) is 7.77. The molecule has 17 heavy (non-hydrogen) atoms. The molecular formula is C13H26N2O2. The zero-order valence-corrected chi connectivity index (χ0v) is 11.7. The average Bonchev–Trinajstić information content (AvgIpc) is 2.25. The molecule has 2 atom stereocenters. The van der Waals surface area contributed by atoms with Crippen LogP contribution in [0.1, 0.15) is 53.9 Å². The van der Waals surface area contributed by atoms with E-state index in [2.05, 4.69) is 24.5 Å². The first-order chi connectivity index (χ1) is 7.86. The van der Waals surface area contributed by atoms with Gasteiger partial charge in [-0.1, -0.05) is 20.8 Å². The highest BCUT2D eigenvalue weighted by Crippen LogP contribution is 2.03. The fraction of sp³-hybridized carbons (Fsp3) is 0.846. The summed E-state index contributed by atoms with van der Waals surface area (Å²) in [7, 11) is 0. The van der Waals surface area contributed by atoms with E-state index in [0.717, 1.165) is 12.8 Å². The minimum absolute atomic E-state index is 0.0505. The molecule has 0 aromatic carbocycles. The molecule has 2 unspecified atom stereocenters. The van der Waals surface area contributed by atoms with Crippen molar-refractivity contribution in [2.45, 2.75) is 66.0 Å². The maximum absolute atomic E-state index is 11.7. The SMILES string of the molecule is CCC(C)NC(=O)C(C)NC(=O)CCC(C)C. The summed E-state index contributed by atoms with van der Waals surface area (Å²) in [6, 6.07) is -0.304. The fourth-order valence-electron chi connectivity index (χ4n) is 1.27. The van der Waals surface area contributed by atoms with Gasteiger partial charge in [0.1, 0.15) is 6.04 Å². The van der Waals surface area contributed by atoms with Crippen LogP contribution >= 0.6 is 0 Å². The van der Waals surface area contributed by atoms with Crippen LogP contribution in [0, 0.1) is 5.92 Å². The van der Waals surface area contributed by atoms with E-state index in [4.69, 9.17) is 0 Å². The maximum atomic E-state index is 11.7. The Bertz CT molecular complexity index is 252. The molecule has 0 saturated carbocycles. The molecule has 0 fully saturated rings. The molecule has 0 aromatic rings. The number of rotatable bonds is 7. The predicted molar refractivity (Wildman–Crippen MR) is 69.6 cm³/mol. The Labute approximate surface area is 105 Å². The van der Waals surface area contributed by atoms with Crippen molar-refractivity contribution in [3.8, 4) is 0 Å². The zero-order valence-electron chi connectivity index (χ0n) is 11.7. The molecule has 2 amide bonds. The molecule has 0 heterocycles. The maximum Gasteiger partial charge on any atom is 0.242 e. The summed E-state index contributed by atoms with van der Waals surface area (Å²) in [4.78, 5) is 23.2. The summed E-state index contributed by atoms with van der Waals surface area (Å²) in [5.41, 5.74) is 0. The first-order valence-corrected chi connectivity index (χ1v) is 6.46. The first-order valence-electron chi connectivity index (χ1n) is 6.46. The van der Waals surface area contributed by atoms with Gasteiger partial charge in [-0.25, -0.2) is 0 Å². The standard InChI is InChI=1S/C13H26N2O2/c1-6-10(4)14-13(17)11(5)15-12(16)8-7-9(2)3/h9-11H,6-8H2,1-5H3,(H,14,17)(H,15,16). The van der Waals surface area contributed by atoms with Gasteiger partial charge < -0.3 is 10.6 Å². The van der Waals surface area contributed by atoms with Crippen LogP contribution in [0.5, 0.6) is 0 Å². The fourth-order valence-corrected chi connectivity index (χ4v) is 1.27. The molecule has 4 nitrogen and oxygen atoms in total. The van der Waals surface area contributed by atoms with E-state index in [0.29, 0.717) is 12.3 Å². The van der Waals surface area contributed by atoms with Crippen molar-refractivity contribution in [2.75, 3.05) is 0 Å². The van der Waals surface area contributed by atoms with Crippen molar-refractivity contribution in [1.29, 1.82) is 0 Å². The molecule has 0 radical (unpaired) electrons. The molecule has 100 valence electrons. The van der Waals surface area contributed by atoms with Gasteiger partial charge in [0.25, 0.3) is 0 Å². The van der Waals surface area contributed by atoms with Gasteiger partial charge >= 0.3 is 0 Å². The lowest BCUT2D eigenvalue weighted by molar-refractivity contribution is -0.129. The Balaban J connectivity index is 3.94. The summed E-state index contributed by atoms with van der Waals surface area (Å²) < 4.78 is 0. The van der Waals surface area contributed by atoms with E-state index in [1.165, 1.54) is 0 Å². The highest BCUT2D eigenvalue weighted by molar-refractivity contribution is 5.87. The van der Waals surface area contributed by atoms with Crippen LogP contribution in [0.4, 0.5) is 0 Å². The number of carbonyl (C=O) groups excluding carboxylic acids is 2. The van der Waals surface area contributed by atoms with Crippen LogP contribution in [0.3, 0.4) is 0 Å². The van der Waals surface area contributed by atoms with Gasteiger partial charge in [-0.15, -0.1) is 0 Å². The van der Waals surface area contributed by atoms with Gasteiger partial charge in [0.15, 0.2) is 0 Å². The number of carbonyl (C=O) groups is 2. The molecule has 0 aliphatic heterocycles. The third-order valence-electron chi connectivity index (χ3n) is 2.72. The number of nitrogens with one attached hydrogen (secondary N) is 2. The summed E-state index contributed by atoms with van der Waals surface area (Å²) in [6.45, 7) is 9.83. The van der Waals surface area contributed by atoms with Crippen LogP contribution in [0.2, 0.25) is 0 Å². The second-order valence-electron chi connectivity index (χ2n) is 5.04. The zero-order chi connectivity index (χ0) is 13.4. The smallest absolute Gasteiger partial charge is 0.242 e. The highest BCUT2D eigenvalue weighted by atomic mass is 16.2. The lowest BCUT2D eigenvalue weighted by Crippen LogP contribution is -2.47. The van der Waals surface area contributed by atoms with Crippen LogP contribution in [0.15, 0.2) is 0 Å².